The van der Waals surface area contributed by atoms with E-state index in [0.717, 1.165) is 16.2 Å². The minimum Gasteiger partial charge on any atom is -0.274 e. The van der Waals surface area contributed by atoms with Crippen LogP contribution in [0.15, 0.2) is 53.9 Å². The van der Waals surface area contributed by atoms with Crippen LogP contribution in [0, 0.1) is 27.3 Å². The van der Waals surface area contributed by atoms with Crippen LogP contribution in [-0.2, 0) is 4.79 Å². The lowest BCUT2D eigenvalue weighted by Crippen LogP contribution is -2.23. The average molecular weight is 408 g/mol. The highest BCUT2D eigenvalue weighted by Crippen LogP contribution is 2.31. The van der Waals surface area contributed by atoms with E-state index in [1.54, 1.807) is 11.4 Å². The van der Waals surface area contributed by atoms with Gasteiger partial charge in [-0.15, -0.1) is 11.3 Å². The van der Waals surface area contributed by atoms with Gasteiger partial charge in [-0.05, 0) is 35.9 Å². The Bertz CT molecular complexity index is 1150. The molecule has 1 aromatic heterocycles. The average Bonchev–Trinajstić information content (AvgIpc) is 3.15. The second kappa shape index (κ2) is 8.41. The molecule has 1 heterocycles. The monoisotopic (exact) mass is 408 g/mol. The highest BCUT2D eigenvalue weighted by molar-refractivity contribution is 7.14. The molecular formula is C20H13FN4O3S. The van der Waals surface area contributed by atoms with Crippen LogP contribution in [0.25, 0.3) is 11.6 Å². The van der Waals surface area contributed by atoms with Crippen LogP contribution >= 0.6 is 11.3 Å². The molecular weight excluding hydrogens is 395 g/mol. The summed E-state index contributed by atoms with van der Waals surface area (Å²) < 4.78 is 14.1. The van der Waals surface area contributed by atoms with Gasteiger partial charge in [0.1, 0.15) is 5.82 Å². The molecule has 9 heteroatoms. The molecule has 0 aliphatic rings. The molecule has 7 nitrogen and oxygen atoms in total. The van der Waals surface area contributed by atoms with Gasteiger partial charge in [0.2, 0.25) is 5.91 Å². The Balaban J connectivity index is 1.95. The number of benzene rings is 2. The van der Waals surface area contributed by atoms with E-state index in [1.165, 1.54) is 55.5 Å². The van der Waals surface area contributed by atoms with Crippen molar-refractivity contribution in [3.05, 3.63) is 81.1 Å². The number of allylic oxidation sites excluding steroid dienone is 1. The standard InChI is InChI=1S/C20H13FN4O3S/c1-13(26)24(19-5-3-2-4-18(19)21)20-23-16(12-29-20)10-15(11-22)14-6-8-17(9-7-14)25(27)28/h2-10,12H,1H3/b15-10+. The fourth-order valence-corrected chi connectivity index (χ4v) is 3.41. The number of hydrogen-bond acceptors (Lipinski definition) is 6. The van der Waals surface area contributed by atoms with Crippen molar-refractivity contribution in [2.75, 3.05) is 4.90 Å². The van der Waals surface area contributed by atoms with E-state index in [4.69, 9.17) is 0 Å². The van der Waals surface area contributed by atoms with Crippen molar-refractivity contribution in [1.29, 1.82) is 5.26 Å². The van der Waals surface area contributed by atoms with E-state index in [0.29, 0.717) is 11.3 Å². The number of amides is 1. The molecule has 0 atom stereocenters. The highest BCUT2D eigenvalue weighted by Gasteiger charge is 2.20. The summed E-state index contributed by atoms with van der Waals surface area (Å²) in [5.41, 5.74) is 1.15. The summed E-state index contributed by atoms with van der Waals surface area (Å²) >= 11 is 1.13. The number of nitrogens with zero attached hydrogens (tertiary/aromatic N) is 4. The number of carbonyl (C=O) groups is 1. The number of aromatic nitrogens is 1. The first kappa shape index (κ1) is 19.9. The Morgan fingerprint density at radius 1 is 1.28 bits per heavy atom. The zero-order chi connectivity index (χ0) is 21.0. The minimum absolute atomic E-state index is 0.0797. The molecule has 0 saturated carbocycles. The van der Waals surface area contributed by atoms with Crippen LogP contribution in [-0.4, -0.2) is 15.8 Å². The Labute approximate surface area is 169 Å². The largest absolute Gasteiger partial charge is 0.274 e. The number of thiazole rings is 1. The molecule has 3 rings (SSSR count). The molecule has 0 bridgehead atoms. The smallest absolute Gasteiger partial charge is 0.269 e. The molecule has 0 N–H and O–H groups in total. The van der Waals surface area contributed by atoms with Gasteiger partial charge in [0.15, 0.2) is 5.13 Å². The summed E-state index contributed by atoms with van der Waals surface area (Å²) in [6.07, 6.45) is 1.50. The van der Waals surface area contributed by atoms with Crippen molar-refractivity contribution in [1.82, 2.24) is 4.98 Å². The van der Waals surface area contributed by atoms with Crippen LogP contribution in [0.3, 0.4) is 0 Å². The van der Waals surface area contributed by atoms with Crippen molar-refractivity contribution < 1.29 is 14.1 Å². The summed E-state index contributed by atoms with van der Waals surface area (Å²) in [4.78, 5) is 27.8. The summed E-state index contributed by atoms with van der Waals surface area (Å²) in [6.45, 7) is 1.31. The van der Waals surface area contributed by atoms with Gasteiger partial charge in [0, 0.05) is 24.4 Å². The van der Waals surface area contributed by atoms with Gasteiger partial charge in [0.25, 0.3) is 5.69 Å². The molecule has 0 fully saturated rings. The van der Waals surface area contributed by atoms with Crippen molar-refractivity contribution in [2.45, 2.75) is 6.92 Å². The van der Waals surface area contributed by atoms with Gasteiger partial charge in [-0.25, -0.2) is 9.37 Å². The SMILES string of the molecule is CC(=O)N(c1nc(/C=C(\C#N)c2ccc([N+](=O)[O-])cc2)cs1)c1ccccc1F. The molecule has 0 aliphatic heterocycles. The number of halogens is 1. The molecule has 3 aromatic rings. The molecule has 144 valence electrons. The number of nitro benzene ring substituents is 1. The zero-order valence-corrected chi connectivity index (χ0v) is 15.9. The molecule has 0 aliphatic carbocycles. The predicted octanol–water partition coefficient (Wildman–Crippen LogP) is 4.94. The Morgan fingerprint density at radius 3 is 2.55 bits per heavy atom. The van der Waals surface area contributed by atoms with Gasteiger partial charge in [-0.3, -0.25) is 19.8 Å². The van der Waals surface area contributed by atoms with Gasteiger partial charge >= 0.3 is 0 Å². The Kier molecular flexibility index (Phi) is 5.76. The van der Waals surface area contributed by atoms with Crippen molar-refractivity contribution in [3.8, 4) is 6.07 Å². The number of anilines is 2. The van der Waals surface area contributed by atoms with Gasteiger partial charge in [-0.1, -0.05) is 12.1 Å². The molecule has 2 aromatic carbocycles. The van der Waals surface area contributed by atoms with E-state index in [1.807, 2.05) is 6.07 Å². The van der Waals surface area contributed by atoms with Crippen molar-refractivity contribution in [2.24, 2.45) is 0 Å². The Morgan fingerprint density at radius 2 is 1.97 bits per heavy atom. The first-order valence-corrected chi connectivity index (χ1v) is 9.16. The van der Waals surface area contributed by atoms with Crippen LogP contribution < -0.4 is 4.90 Å². The first-order valence-electron chi connectivity index (χ1n) is 8.28. The normalized spacial score (nSPS) is 11.0. The number of hydrogen-bond donors (Lipinski definition) is 0. The van der Waals surface area contributed by atoms with Crippen molar-refractivity contribution >= 4 is 45.4 Å². The third-order valence-electron chi connectivity index (χ3n) is 3.91. The molecule has 0 spiro atoms. The lowest BCUT2D eigenvalue weighted by molar-refractivity contribution is -0.384. The molecule has 0 radical (unpaired) electrons. The molecule has 0 unspecified atom stereocenters. The maximum Gasteiger partial charge on any atom is 0.269 e. The number of carbonyl (C=O) groups excluding carboxylic acids is 1. The van der Waals surface area contributed by atoms with Crippen LogP contribution in [0.5, 0.6) is 0 Å². The summed E-state index contributed by atoms with van der Waals surface area (Å²) in [6, 6.07) is 13.5. The van der Waals surface area contributed by atoms with Gasteiger partial charge in [0.05, 0.1) is 27.9 Å². The number of para-hydroxylation sites is 1. The van der Waals surface area contributed by atoms with Crippen LogP contribution in [0.1, 0.15) is 18.2 Å². The van der Waals surface area contributed by atoms with E-state index in [-0.39, 0.29) is 22.1 Å². The van der Waals surface area contributed by atoms with Crippen molar-refractivity contribution in [3.63, 3.8) is 0 Å². The summed E-state index contributed by atoms with van der Waals surface area (Å²) in [5, 5.41) is 22.1. The maximum absolute atomic E-state index is 14.1. The first-order chi connectivity index (χ1) is 13.9. The molecule has 0 saturated heterocycles. The lowest BCUT2D eigenvalue weighted by Gasteiger charge is -2.18. The van der Waals surface area contributed by atoms with E-state index in [2.05, 4.69) is 4.98 Å². The summed E-state index contributed by atoms with van der Waals surface area (Å²) in [5.74, 6) is -0.963. The third kappa shape index (κ3) is 4.34. The molecule has 29 heavy (non-hydrogen) atoms. The Hall–Kier alpha value is -3.90. The topological polar surface area (TPSA) is 100 Å². The number of non-ortho nitro benzene ring substituents is 1. The van der Waals surface area contributed by atoms with E-state index in [9.17, 15) is 24.6 Å². The minimum atomic E-state index is -0.557. The van der Waals surface area contributed by atoms with Gasteiger partial charge < -0.3 is 0 Å². The fourth-order valence-electron chi connectivity index (χ4n) is 2.58. The third-order valence-corrected chi connectivity index (χ3v) is 4.76. The predicted molar refractivity (Wildman–Crippen MR) is 108 cm³/mol. The second-order valence-electron chi connectivity index (χ2n) is 5.83. The highest BCUT2D eigenvalue weighted by atomic mass is 32.1. The number of rotatable bonds is 5. The van der Waals surface area contributed by atoms with Gasteiger partial charge in [-0.2, -0.15) is 5.26 Å². The number of nitro groups is 1. The zero-order valence-electron chi connectivity index (χ0n) is 15.1. The van der Waals surface area contributed by atoms with Crippen LogP contribution in [0.2, 0.25) is 0 Å². The summed E-state index contributed by atoms with van der Waals surface area (Å²) in [7, 11) is 0. The fraction of sp³-hybridized carbons (Fsp3) is 0.0500. The van der Waals surface area contributed by atoms with E-state index >= 15 is 0 Å². The van der Waals surface area contributed by atoms with Crippen LogP contribution in [0.4, 0.5) is 20.9 Å². The quantitative estimate of drug-likeness (QED) is 0.338. The second-order valence-corrected chi connectivity index (χ2v) is 6.67. The number of nitriles is 1. The lowest BCUT2D eigenvalue weighted by atomic mass is 10.1. The maximum atomic E-state index is 14.1. The molecule has 1 amide bonds. The van der Waals surface area contributed by atoms with E-state index < -0.39 is 16.6 Å².